The molecule has 23 nitrogen and oxygen atoms in total. The lowest BCUT2D eigenvalue weighted by Crippen LogP contribution is -2.61. The quantitative estimate of drug-likeness (QED) is 0.0446. The van der Waals surface area contributed by atoms with E-state index in [0.29, 0.717) is 49.9 Å². The molecule has 23 heteroatoms. The SMILES string of the molecule is CCC(C)C(NC(=O)C(Cc1ccc(O)cc1)NC(=O)C(NC(=O)CNC(=O)C(N)CCCCN)C(C)C)C(=O)NC(Cc1cnc[nH]1)C(=O)NC(C)C(=O)NC(CC(C)C)C(=O)N1CCCC1C(=O)O. The van der Waals surface area contributed by atoms with E-state index in [9.17, 15) is 53.4 Å². The molecule has 0 spiro atoms. The molecule has 1 aromatic carbocycles. The van der Waals surface area contributed by atoms with Crippen molar-refractivity contribution < 1.29 is 53.4 Å². The molecule has 0 aliphatic carbocycles. The monoisotopic (exact) mass is 997 g/mol. The number of aromatic nitrogens is 2. The van der Waals surface area contributed by atoms with Crippen LogP contribution in [0, 0.1) is 17.8 Å². The standard InChI is InChI=1S/C48H76N12O11/c1-8-28(6)40(59-44(66)34(21-30-14-16-32(61)17-15-30)55-45(67)39(27(4)5)58-38(62)24-52-42(64)33(50)12-9-10-18-49)46(68)56-35(22-31-23-51-25-53-31)43(65)54-29(7)41(63)57-36(20-26(2)3)47(69)60-19-11-13-37(60)48(70)71/h14-17,23,25-29,33-37,39-40,61H,8-13,18-22,24,49-50H2,1-7H3,(H,51,53)(H,52,64)(H,54,65)(H,55,67)(H,56,68)(H,57,63)(H,58,62)(H,59,66)(H,70,71). The summed E-state index contributed by atoms with van der Waals surface area (Å²) in [5, 5.41) is 38.2. The molecule has 1 aliphatic heterocycles. The molecule has 1 fully saturated rings. The Morgan fingerprint density at radius 2 is 1.39 bits per heavy atom. The fraction of sp³-hybridized carbons (Fsp3) is 0.625. The maximum absolute atomic E-state index is 14.4. The highest BCUT2D eigenvalue weighted by molar-refractivity contribution is 5.98. The maximum atomic E-state index is 14.4. The van der Waals surface area contributed by atoms with Crippen molar-refractivity contribution in [3.63, 3.8) is 0 Å². The molecular weight excluding hydrogens is 921 g/mol. The third-order valence-corrected chi connectivity index (χ3v) is 12.3. The van der Waals surface area contributed by atoms with Gasteiger partial charge in [-0.1, -0.05) is 66.5 Å². The number of hydrogen-bond donors (Lipinski definition) is 12. The Labute approximate surface area is 414 Å². The van der Waals surface area contributed by atoms with Crippen molar-refractivity contribution in [2.24, 2.45) is 29.2 Å². The van der Waals surface area contributed by atoms with Gasteiger partial charge in [0.15, 0.2) is 0 Å². The van der Waals surface area contributed by atoms with E-state index in [1.54, 1.807) is 39.8 Å². The van der Waals surface area contributed by atoms with Gasteiger partial charge in [-0.2, -0.15) is 0 Å². The smallest absolute Gasteiger partial charge is 0.326 e. The van der Waals surface area contributed by atoms with Gasteiger partial charge < -0.3 is 68.8 Å². The number of nitrogens with one attached hydrogen (secondary N) is 8. The lowest BCUT2D eigenvalue weighted by molar-refractivity contribution is -0.149. The summed E-state index contributed by atoms with van der Waals surface area (Å²) in [5.74, 6) is -7.85. The number of phenolic OH excluding ortho intramolecular Hbond substituents is 1. The minimum atomic E-state index is -1.34. The van der Waals surface area contributed by atoms with E-state index in [-0.39, 0.29) is 43.9 Å². The second-order valence-corrected chi connectivity index (χ2v) is 19.0. The highest BCUT2D eigenvalue weighted by Gasteiger charge is 2.39. The van der Waals surface area contributed by atoms with Gasteiger partial charge in [0, 0.05) is 31.3 Å². The van der Waals surface area contributed by atoms with Crippen molar-refractivity contribution in [1.29, 1.82) is 0 Å². The molecular formula is C48H76N12O11. The summed E-state index contributed by atoms with van der Waals surface area (Å²) in [6, 6.07) is -3.40. The van der Waals surface area contributed by atoms with Gasteiger partial charge in [0.25, 0.3) is 0 Å². The number of nitrogens with two attached hydrogens (primary N) is 2. The van der Waals surface area contributed by atoms with Crippen molar-refractivity contribution in [2.75, 3.05) is 19.6 Å². The number of likely N-dealkylation sites (tertiary alicyclic amines) is 1. The molecule has 14 N–H and O–H groups in total. The van der Waals surface area contributed by atoms with Crippen LogP contribution in [0.1, 0.15) is 105 Å². The van der Waals surface area contributed by atoms with Gasteiger partial charge in [-0.05, 0) is 81.0 Å². The summed E-state index contributed by atoms with van der Waals surface area (Å²) in [6.07, 6.45) is 5.64. The summed E-state index contributed by atoms with van der Waals surface area (Å²) in [6.45, 7) is 12.2. The number of aliphatic carboxylic acids is 1. The minimum Gasteiger partial charge on any atom is -0.508 e. The lowest BCUT2D eigenvalue weighted by atomic mass is 9.96. The molecule has 0 bridgehead atoms. The summed E-state index contributed by atoms with van der Waals surface area (Å²) in [4.78, 5) is 129. The normalized spacial score (nSPS) is 16.8. The summed E-state index contributed by atoms with van der Waals surface area (Å²) in [7, 11) is 0. The molecule has 9 unspecified atom stereocenters. The van der Waals surface area contributed by atoms with E-state index >= 15 is 0 Å². The number of hydrogen-bond acceptors (Lipinski definition) is 13. The first-order chi connectivity index (χ1) is 33.6. The third-order valence-electron chi connectivity index (χ3n) is 12.3. The fourth-order valence-corrected chi connectivity index (χ4v) is 7.94. The van der Waals surface area contributed by atoms with Crippen LogP contribution in [0.15, 0.2) is 36.8 Å². The Bertz CT molecular complexity index is 2100. The predicted octanol–water partition coefficient (Wildman–Crippen LogP) is -0.775. The van der Waals surface area contributed by atoms with Gasteiger partial charge in [0.2, 0.25) is 47.3 Å². The minimum absolute atomic E-state index is 0.0409. The number of phenols is 1. The average Bonchev–Trinajstić information content (AvgIpc) is 4.04. The number of aromatic hydroxyl groups is 1. The van der Waals surface area contributed by atoms with Gasteiger partial charge in [0.05, 0.1) is 18.9 Å². The number of unbranched alkanes of at least 4 members (excludes halogenated alkanes) is 1. The van der Waals surface area contributed by atoms with E-state index in [1.807, 2.05) is 13.8 Å². The van der Waals surface area contributed by atoms with Crippen LogP contribution in [-0.4, -0.2) is 146 Å². The highest BCUT2D eigenvalue weighted by atomic mass is 16.4. The number of benzene rings is 1. The molecule has 8 amide bonds. The van der Waals surface area contributed by atoms with Gasteiger partial charge >= 0.3 is 5.97 Å². The topological polar surface area (TPSA) is 362 Å². The number of amides is 8. The van der Waals surface area contributed by atoms with E-state index in [4.69, 9.17) is 11.5 Å². The van der Waals surface area contributed by atoms with Crippen LogP contribution >= 0.6 is 0 Å². The first kappa shape index (κ1) is 58.7. The number of carbonyl (C=O) groups is 9. The van der Waals surface area contributed by atoms with Gasteiger partial charge in [-0.15, -0.1) is 0 Å². The number of carboxylic acids is 1. The molecule has 2 aromatic rings. The van der Waals surface area contributed by atoms with E-state index in [1.165, 1.54) is 36.5 Å². The molecule has 394 valence electrons. The number of carboxylic acid groups (broad SMARTS) is 1. The van der Waals surface area contributed by atoms with E-state index in [2.05, 4.69) is 47.2 Å². The summed E-state index contributed by atoms with van der Waals surface area (Å²) < 4.78 is 0. The summed E-state index contributed by atoms with van der Waals surface area (Å²) >= 11 is 0. The predicted molar refractivity (Wildman–Crippen MR) is 261 cm³/mol. The highest BCUT2D eigenvalue weighted by Crippen LogP contribution is 2.21. The second kappa shape index (κ2) is 28.9. The Balaban J connectivity index is 1.82. The third kappa shape index (κ3) is 18.9. The lowest BCUT2D eigenvalue weighted by Gasteiger charge is -2.30. The molecule has 1 aromatic heterocycles. The zero-order valence-corrected chi connectivity index (χ0v) is 41.9. The molecule has 1 saturated heterocycles. The van der Waals surface area contributed by atoms with Crippen molar-refractivity contribution in [3.8, 4) is 5.75 Å². The molecule has 0 radical (unpaired) electrons. The Morgan fingerprint density at radius 1 is 0.775 bits per heavy atom. The van der Waals surface area contributed by atoms with Crippen LogP contribution in [0.2, 0.25) is 0 Å². The molecule has 9 atom stereocenters. The first-order valence-electron chi connectivity index (χ1n) is 24.4. The van der Waals surface area contributed by atoms with Crippen molar-refractivity contribution in [3.05, 3.63) is 48.0 Å². The Morgan fingerprint density at radius 3 is 1.97 bits per heavy atom. The molecule has 2 heterocycles. The van der Waals surface area contributed by atoms with E-state index < -0.39 is 120 Å². The van der Waals surface area contributed by atoms with Crippen molar-refractivity contribution in [1.82, 2.24) is 52.1 Å². The van der Waals surface area contributed by atoms with Crippen LogP contribution in [-0.2, 0) is 56.0 Å². The average molecular weight is 997 g/mol. The zero-order valence-electron chi connectivity index (χ0n) is 41.9. The number of aromatic amines is 1. The Kier molecular flexibility index (Phi) is 23.9. The number of nitrogens with zero attached hydrogens (tertiary/aromatic N) is 2. The van der Waals surface area contributed by atoms with Crippen LogP contribution in [0.5, 0.6) is 5.75 Å². The van der Waals surface area contributed by atoms with Crippen molar-refractivity contribution >= 4 is 53.2 Å². The molecule has 1 aliphatic rings. The number of rotatable bonds is 29. The van der Waals surface area contributed by atoms with Crippen molar-refractivity contribution in [2.45, 2.75) is 155 Å². The van der Waals surface area contributed by atoms with Crippen LogP contribution in [0.4, 0.5) is 0 Å². The molecule has 0 saturated carbocycles. The van der Waals surface area contributed by atoms with E-state index in [0.717, 1.165) is 0 Å². The van der Waals surface area contributed by atoms with Crippen LogP contribution < -0.4 is 48.7 Å². The first-order valence-corrected chi connectivity index (χ1v) is 24.4. The zero-order chi connectivity index (χ0) is 52.9. The summed E-state index contributed by atoms with van der Waals surface area (Å²) in [5.41, 5.74) is 12.4. The number of H-pyrrole nitrogens is 1. The molecule has 71 heavy (non-hydrogen) atoms. The number of carbonyl (C=O) groups excluding carboxylic acids is 8. The van der Waals surface area contributed by atoms with Crippen LogP contribution in [0.25, 0.3) is 0 Å². The fourth-order valence-electron chi connectivity index (χ4n) is 7.94. The van der Waals surface area contributed by atoms with Gasteiger partial charge in [-0.25, -0.2) is 9.78 Å². The second-order valence-electron chi connectivity index (χ2n) is 19.0. The number of imidazole rings is 1. The largest absolute Gasteiger partial charge is 0.508 e. The van der Waals surface area contributed by atoms with Gasteiger partial charge in [0.1, 0.15) is 48.0 Å². The van der Waals surface area contributed by atoms with Gasteiger partial charge in [-0.3, -0.25) is 38.4 Å². The molecule has 3 rings (SSSR count). The van der Waals surface area contributed by atoms with Crippen LogP contribution in [0.3, 0.4) is 0 Å². The maximum Gasteiger partial charge on any atom is 0.326 e. The Hall–Kier alpha value is -6.62.